The first-order valence-electron chi connectivity index (χ1n) is 9.76. The fourth-order valence-corrected chi connectivity index (χ4v) is 4.84. The van der Waals surface area contributed by atoms with E-state index in [2.05, 4.69) is 10.1 Å². The lowest BCUT2D eigenvalue weighted by atomic mass is 9.76. The first kappa shape index (κ1) is 20.2. The Labute approximate surface area is 166 Å². The second-order valence-electron chi connectivity index (χ2n) is 8.21. The first-order valence-corrected chi connectivity index (χ1v) is 9.76. The van der Waals surface area contributed by atoms with E-state index < -0.39 is 18.0 Å². The zero-order valence-electron chi connectivity index (χ0n) is 15.8. The van der Waals surface area contributed by atoms with E-state index in [4.69, 9.17) is 0 Å². The average molecular weight is 409 g/mol. The molecule has 3 nitrogen and oxygen atoms in total. The number of hydrogen-bond acceptors (Lipinski definition) is 3. The SMILES string of the molecule is O[C@@H](c1cccc(F)c1)C12CCC(CCc3ccc(OC(F)(F)F)cc3)(CC1)N2. The largest absolute Gasteiger partial charge is 0.573 e. The van der Waals surface area contributed by atoms with Crippen LogP contribution in [0.4, 0.5) is 17.6 Å². The molecule has 0 spiro atoms. The van der Waals surface area contributed by atoms with Crippen LogP contribution in [0.25, 0.3) is 0 Å². The molecule has 0 aromatic heterocycles. The number of hydrogen-bond donors (Lipinski definition) is 2. The number of nitrogens with one attached hydrogen (secondary N) is 1. The summed E-state index contributed by atoms with van der Waals surface area (Å²) >= 11 is 0. The lowest BCUT2D eigenvalue weighted by Crippen LogP contribution is -2.46. The highest BCUT2D eigenvalue weighted by atomic mass is 19.4. The summed E-state index contributed by atoms with van der Waals surface area (Å²) in [6.45, 7) is 0. The molecule has 1 atom stereocenters. The molecule has 2 aromatic rings. The van der Waals surface area contributed by atoms with Crippen LogP contribution in [0.1, 0.15) is 49.3 Å². The predicted octanol–water partition coefficient (Wildman–Crippen LogP) is 5.05. The highest BCUT2D eigenvalue weighted by molar-refractivity contribution is 5.29. The molecule has 4 rings (SSSR count). The molecule has 2 N–H and O–H groups in total. The van der Waals surface area contributed by atoms with Gasteiger partial charge in [0.2, 0.25) is 0 Å². The summed E-state index contributed by atoms with van der Waals surface area (Å²) in [6, 6.07) is 12.0. The molecule has 7 heteroatoms. The topological polar surface area (TPSA) is 41.5 Å². The third kappa shape index (κ3) is 4.26. The van der Waals surface area contributed by atoms with Gasteiger partial charge in [0.15, 0.2) is 0 Å². The lowest BCUT2D eigenvalue weighted by molar-refractivity contribution is -0.274. The van der Waals surface area contributed by atoms with Gasteiger partial charge in [0.25, 0.3) is 0 Å². The van der Waals surface area contributed by atoms with Gasteiger partial charge in [0.1, 0.15) is 11.6 Å². The first-order chi connectivity index (χ1) is 13.7. The Balaban J connectivity index is 1.39. The van der Waals surface area contributed by atoms with Crippen LogP contribution in [0.2, 0.25) is 0 Å². The zero-order valence-corrected chi connectivity index (χ0v) is 15.8. The maximum absolute atomic E-state index is 13.6. The van der Waals surface area contributed by atoms with Gasteiger partial charge in [-0.15, -0.1) is 13.2 Å². The van der Waals surface area contributed by atoms with Gasteiger partial charge >= 0.3 is 6.36 Å². The molecule has 0 aliphatic carbocycles. The van der Waals surface area contributed by atoms with E-state index >= 15 is 0 Å². The number of aliphatic hydroxyl groups is 1. The van der Waals surface area contributed by atoms with Crippen molar-refractivity contribution in [1.29, 1.82) is 0 Å². The van der Waals surface area contributed by atoms with Crippen LogP contribution in [0.15, 0.2) is 48.5 Å². The van der Waals surface area contributed by atoms with Crippen molar-refractivity contribution in [2.45, 2.75) is 62.1 Å². The summed E-state index contributed by atoms with van der Waals surface area (Å²) in [6.07, 6.45) is -0.490. The zero-order chi connectivity index (χ0) is 20.7. The number of rotatable bonds is 6. The van der Waals surface area contributed by atoms with Crippen molar-refractivity contribution in [3.8, 4) is 5.75 Å². The fourth-order valence-electron chi connectivity index (χ4n) is 4.84. The van der Waals surface area contributed by atoms with Crippen molar-refractivity contribution >= 4 is 0 Å². The van der Waals surface area contributed by atoms with Crippen molar-refractivity contribution in [3.63, 3.8) is 0 Å². The third-order valence-corrected chi connectivity index (χ3v) is 6.35. The molecule has 156 valence electrons. The van der Waals surface area contributed by atoms with Crippen molar-refractivity contribution in [2.24, 2.45) is 0 Å². The van der Waals surface area contributed by atoms with Gasteiger partial charge < -0.3 is 15.2 Å². The molecule has 2 aliphatic rings. The smallest absolute Gasteiger partial charge is 0.406 e. The van der Waals surface area contributed by atoms with Crippen LogP contribution in [-0.4, -0.2) is 22.5 Å². The maximum atomic E-state index is 13.6. The summed E-state index contributed by atoms with van der Waals surface area (Å²) in [7, 11) is 0. The molecule has 2 saturated heterocycles. The standard InChI is InChI=1S/C22H23F4NO2/c23-17-3-1-2-16(14-17)19(28)21-12-10-20(27-21,11-13-21)9-8-15-4-6-18(7-5-15)29-22(24,25)26/h1-7,14,19,27-28H,8-13H2/t19-,20?,21?/m0/s1. The quantitative estimate of drug-likeness (QED) is 0.657. The maximum Gasteiger partial charge on any atom is 0.573 e. The van der Waals surface area contributed by atoms with Crippen LogP contribution in [0.3, 0.4) is 0 Å². The van der Waals surface area contributed by atoms with Crippen LogP contribution < -0.4 is 10.1 Å². The Kier molecular flexibility index (Phi) is 5.07. The van der Waals surface area contributed by atoms with Crippen molar-refractivity contribution in [2.75, 3.05) is 0 Å². The minimum absolute atomic E-state index is 0.102. The van der Waals surface area contributed by atoms with Gasteiger partial charge in [-0.1, -0.05) is 24.3 Å². The molecule has 2 fully saturated rings. The normalized spacial score (nSPS) is 27.2. The van der Waals surface area contributed by atoms with Gasteiger partial charge in [-0.3, -0.25) is 0 Å². The second kappa shape index (κ2) is 7.29. The summed E-state index contributed by atoms with van der Waals surface area (Å²) in [5, 5.41) is 14.5. The third-order valence-electron chi connectivity index (χ3n) is 6.35. The van der Waals surface area contributed by atoms with Crippen molar-refractivity contribution in [1.82, 2.24) is 5.32 Å². The Morgan fingerprint density at radius 3 is 2.34 bits per heavy atom. The summed E-state index contributed by atoms with van der Waals surface area (Å²) < 4.78 is 54.3. The van der Waals surface area contributed by atoms with E-state index in [1.807, 2.05) is 0 Å². The van der Waals surface area contributed by atoms with Gasteiger partial charge in [-0.25, -0.2) is 4.39 Å². The number of alkyl halides is 3. The van der Waals surface area contributed by atoms with Crippen molar-refractivity contribution in [3.05, 3.63) is 65.5 Å². The molecule has 0 radical (unpaired) electrons. The van der Waals surface area contributed by atoms with E-state index in [9.17, 15) is 22.7 Å². The minimum atomic E-state index is -4.69. The van der Waals surface area contributed by atoms with E-state index in [1.54, 1.807) is 24.3 Å². The van der Waals surface area contributed by atoms with Crippen LogP contribution >= 0.6 is 0 Å². The summed E-state index contributed by atoms with van der Waals surface area (Å²) in [5.74, 6) is -0.588. The van der Waals surface area contributed by atoms with E-state index in [-0.39, 0.29) is 17.1 Å². The highest BCUT2D eigenvalue weighted by Gasteiger charge is 2.56. The number of halogens is 4. The summed E-state index contributed by atoms with van der Waals surface area (Å²) in [4.78, 5) is 0. The molecule has 2 aliphatic heterocycles. The van der Waals surface area contributed by atoms with Gasteiger partial charge in [-0.2, -0.15) is 0 Å². The van der Waals surface area contributed by atoms with Gasteiger partial charge in [0, 0.05) is 11.1 Å². The van der Waals surface area contributed by atoms with Crippen LogP contribution in [0.5, 0.6) is 5.75 Å². The monoisotopic (exact) mass is 409 g/mol. The number of fused-ring (bicyclic) bond motifs is 2. The molecule has 2 bridgehead atoms. The van der Waals surface area contributed by atoms with Crippen LogP contribution in [0, 0.1) is 5.82 Å². The van der Waals surface area contributed by atoms with Crippen molar-refractivity contribution < 1.29 is 27.4 Å². The molecule has 2 heterocycles. The number of aliphatic hydroxyl groups excluding tert-OH is 1. The Morgan fingerprint density at radius 1 is 1.03 bits per heavy atom. The van der Waals surface area contributed by atoms with E-state index in [1.165, 1.54) is 24.3 Å². The van der Waals surface area contributed by atoms with Crippen LogP contribution in [-0.2, 0) is 6.42 Å². The number of benzene rings is 2. The average Bonchev–Trinajstić information content (AvgIpc) is 3.24. The summed E-state index contributed by atoms with van der Waals surface area (Å²) in [5.41, 5.74) is 0.967. The number of ether oxygens (including phenoxy) is 1. The predicted molar refractivity (Wildman–Crippen MR) is 99.9 cm³/mol. The molecule has 0 amide bonds. The second-order valence-corrected chi connectivity index (χ2v) is 8.21. The molecule has 29 heavy (non-hydrogen) atoms. The molecular weight excluding hydrogens is 386 g/mol. The van der Waals surface area contributed by atoms with E-state index in [0.717, 1.165) is 37.7 Å². The van der Waals surface area contributed by atoms with Gasteiger partial charge in [-0.05, 0) is 73.9 Å². The Bertz CT molecular complexity index is 858. The Hall–Kier alpha value is -2.12. The molecule has 0 unspecified atom stereocenters. The molecule has 2 aromatic carbocycles. The molecular formula is C22H23F4NO2. The fraction of sp³-hybridized carbons (Fsp3) is 0.455. The molecule has 0 saturated carbocycles. The van der Waals surface area contributed by atoms with Gasteiger partial charge in [0.05, 0.1) is 6.10 Å². The minimum Gasteiger partial charge on any atom is -0.406 e. The Morgan fingerprint density at radius 2 is 1.72 bits per heavy atom. The lowest BCUT2D eigenvalue weighted by Gasteiger charge is -2.32. The van der Waals surface area contributed by atoms with E-state index in [0.29, 0.717) is 12.0 Å². The highest BCUT2D eigenvalue weighted by Crippen LogP contribution is 2.52. The number of aryl methyl sites for hydroxylation is 1.